The third-order valence-corrected chi connectivity index (χ3v) is 1.93. The summed E-state index contributed by atoms with van der Waals surface area (Å²) in [5.41, 5.74) is 0.731. The molecule has 0 aliphatic carbocycles. The molecule has 3 heteroatoms. The van der Waals surface area contributed by atoms with Crippen molar-refractivity contribution in [2.45, 2.75) is 13.3 Å². The number of Topliss-reactive ketones (excluding diaryl/α,β-unsaturated/α-hetero) is 1. The van der Waals surface area contributed by atoms with E-state index in [0.717, 1.165) is 0 Å². The summed E-state index contributed by atoms with van der Waals surface area (Å²) < 4.78 is 13.2. The number of ketones is 1. The van der Waals surface area contributed by atoms with Crippen LogP contribution in [0.1, 0.15) is 23.7 Å². The molecule has 0 atom stereocenters. The molecule has 0 aliphatic rings. The Balaban J connectivity index is 3.00. The Morgan fingerprint density at radius 1 is 1.57 bits per heavy atom. The molecule has 0 heterocycles. The molecular weight excluding hydrogens is 203 g/mol. The van der Waals surface area contributed by atoms with Crippen LogP contribution in [-0.2, 0) is 0 Å². The van der Waals surface area contributed by atoms with E-state index in [-0.39, 0.29) is 17.8 Å². The molecule has 0 spiro atoms. The summed E-state index contributed by atoms with van der Waals surface area (Å²) in [7, 11) is 0. The predicted molar refractivity (Wildman–Crippen MR) is 55.2 cm³/mol. The molecule has 0 fully saturated rings. The van der Waals surface area contributed by atoms with E-state index in [9.17, 15) is 9.18 Å². The van der Waals surface area contributed by atoms with Gasteiger partial charge in [0.1, 0.15) is 5.82 Å². The van der Waals surface area contributed by atoms with Gasteiger partial charge in [0.05, 0.1) is 5.56 Å². The second kappa shape index (κ2) is 4.38. The molecule has 0 saturated heterocycles. The maximum absolute atomic E-state index is 13.2. The number of benzene rings is 1. The summed E-state index contributed by atoms with van der Waals surface area (Å²) in [6, 6.07) is 3.94. The number of carbonyl (C=O) groups is 1. The van der Waals surface area contributed by atoms with Crippen LogP contribution in [0.5, 0.6) is 0 Å². The van der Waals surface area contributed by atoms with Crippen LogP contribution in [0.4, 0.5) is 4.39 Å². The standard InChI is InChI=1S/C11H10ClFO/c1-7(2)5-11(14)9-6-8(12)3-4-10(9)13/h3-4,6H,1,5H2,2H3. The third-order valence-electron chi connectivity index (χ3n) is 1.69. The molecule has 1 aromatic rings. The summed E-state index contributed by atoms with van der Waals surface area (Å²) in [5, 5.41) is 0.358. The number of halogens is 2. The lowest BCUT2D eigenvalue weighted by atomic mass is 10.0. The van der Waals surface area contributed by atoms with E-state index in [1.807, 2.05) is 0 Å². The van der Waals surface area contributed by atoms with Gasteiger partial charge < -0.3 is 0 Å². The van der Waals surface area contributed by atoms with Crippen LogP contribution in [0, 0.1) is 5.82 Å². The van der Waals surface area contributed by atoms with Gasteiger partial charge in [-0.25, -0.2) is 4.39 Å². The zero-order chi connectivity index (χ0) is 10.7. The molecular formula is C11H10ClFO. The van der Waals surface area contributed by atoms with E-state index in [1.165, 1.54) is 18.2 Å². The second-order valence-electron chi connectivity index (χ2n) is 3.18. The highest BCUT2D eigenvalue weighted by molar-refractivity contribution is 6.31. The molecule has 0 aromatic heterocycles. The molecule has 1 nitrogen and oxygen atoms in total. The summed E-state index contributed by atoms with van der Waals surface area (Å²) in [4.78, 5) is 11.5. The molecule has 74 valence electrons. The zero-order valence-electron chi connectivity index (χ0n) is 7.81. The quantitative estimate of drug-likeness (QED) is 0.552. The Labute approximate surface area is 87.2 Å². The van der Waals surface area contributed by atoms with Gasteiger partial charge >= 0.3 is 0 Å². The molecule has 1 aromatic carbocycles. The first kappa shape index (κ1) is 10.9. The number of hydrogen-bond donors (Lipinski definition) is 0. The van der Waals surface area contributed by atoms with Gasteiger partial charge in [-0.3, -0.25) is 4.79 Å². The van der Waals surface area contributed by atoms with Crippen LogP contribution in [-0.4, -0.2) is 5.78 Å². The lowest BCUT2D eigenvalue weighted by molar-refractivity contribution is 0.0989. The smallest absolute Gasteiger partial charge is 0.169 e. The topological polar surface area (TPSA) is 17.1 Å². The van der Waals surface area contributed by atoms with Crippen LogP contribution >= 0.6 is 11.6 Å². The molecule has 0 aliphatic heterocycles. The van der Waals surface area contributed by atoms with Crippen molar-refractivity contribution in [3.05, 3.63) is 46.8 Å². The van der Waals surface area contributed by atoms with Crippen molar-refractivity contribution in [3.8, 4) is 0 Å². The monoisotopic (exact) mass is 212 g/mol. The molecule has 0 saturated carbocycles. The molecule has 0 amide bonds. The van der Waals surface area contributed by atoms with E-state index >= 15 is 0 Å². The normalized spacial score (nSPS) is 9.93. The van der Waals surface area contributed by atoms with Gasteiger partial charge in [-0.2, -0.15) is 0 Å². The first-order valence-corrected chi connectivity index (χ1v) is 4.51. The molecule has 14 heavy (non-hydrogen) atoms. The van der Waals surface area contributed by atoms with Gasteiger partial charge in [0.2, 0.25) is 0 Å². The van der Waals surface area contributed by atoms with E-state index in [1.54, 1.807) is 6.92 Å². The highest BCUT2D eigenvalue weighted by Gasteiger charge is 2.11. The van der Waals surface area contributed by atoms with Gasteiger partial charge in [0, 0.05) is 11.4 Å². The first-order chi connectivity index (χ1) is 6.50. The van der Waals surface area contributed by atoms with Crippen molar-refractivity contribution in [2.75, 3.05) is 0 Å². The molecule has 1 rings (SSSR count). The Kier molecular flexibility index (Phi) is 3.42. The highest BCUT2D eigenvalue weighted by Crippen LogP contribution is 2.17. The molecule has 0 radical (unpaired) electrons. The van der Waals surface area contributed by atoms with Gasteiger partial charge in [-0.15, -0.1) is 0 Å². The predicted octanol–water partition coefficient (Wildman–Crippen LogP) is 3.63. The average molecular weight is 213 g/mol. The lowest BCUT2D eigenvalue weighted by Gasteiger charge is -2.02. The van der Waals surface area contributed by atoms with Crippen molar-refractivity contribution in [1.82, 2.24) is 0 Å². The van der Waals surface area contributed by atoms with Crippen LogP contribution in [0.2, 0.25) is 5.02 Å². The Morgan fingerprint density at radius 2 is 2.21 bits per heavy atom. The average Bonchev–Trinajstić information content (AvgIpc) is 2.08. The maximum Gasteiger partial charge on any atom is 0.169 e. The zero-order valence-corrected chi connectivity index (χ0v) is 8.57. The third kappa shape index (κ3) is 2.67. The minimum atomic E-state index is -0.541. The van der Waals surface area contributed by atoms with Gasteiger partial charge in [-0.1, -0.05) is 23.8 Å². The maximum atomic E-state index is 13.2. The fourth-order valence-electron chi connectivity index (χ4n) is 1.08. The van der Waals surface area contributed by atoms with Crippen molar-refractivity contribution in [2.24, 2.45) is 0 Å². The van der Waals surface area contributed by atoms with Crippen molar-refractivity contribution in [1.29, 1.82) is 0 Å². The van der Waals surface area contributed by atoms with Gasteiger partial charge in [0.15, 0.2) is 5.78 Å². The number of allylic oxidation sites excluding steroid dienone is 1. The number of carbonyl (C=O) groups excluding carboxylic acids is 1. The van der Waals surface area contributed by atoms with Crippen LogP contribution in [0.15, 0.2) is 30.4 Å². The summed E-state index contributed by atoms with van der Waals surface area (Å²) in [6.45, 7) is 5.32. The van der Waals surface area contributed by atoms with E-state index in [0.29, 0.717) is 10.6 Å². The minimum Gasteiger partial charge on any atom is -0.294 e. The van der Waals surface area contributed by atoms with E-state index in [2.05, 4.69) is 6.58 Å². The fourth-order valence-corrected chi connectivity index (χ4v) is 1.25. The number of hydrogen-bond acceptors (Lipinski definition) is 1. The van der Waals surface area contributed by atoms with E-state index < -0.39 is 5.82 Å². The van der Waals surface area contributed by atoms with Crippen LogP contribution < -0.4 is 0 Å². The van der Waals surface area contributed by atoms with Crippen LogP contribution in [0.25, 0.3) is 0 Å². The SMILES string of the molecule is C=C(C)CC(=O)c1cc(Cl)ccc1F. The van der Waals surface area contributed by atoms with Crippen molar-refractivity contribution in [3.63, 3.8) is 0 Å². The first-order valence-electron chi connectivity index (χ1n) is 4.13. The molecule has 0 bridgehead atoms. The Morgan fingerprint density at radius 3 is 2.79 bits per heavy atom. The lowest BCUT2D eigenvalue weighted by Crippen LogP contribution is -2.02. The van der Waals surface area contributed by atoms with Gasteiger partial charge in [0.25, 0.3) is 0 Å². The Hall–Kier alpha value is -1.15. The van der Waals surface area contributed by atoms with Crippen LogP contribution in [0.3, 0.4) is 0 Å². The van der Waals surface area contributed by atoms with Gasteiger partial charge in [-0.05, 0) is 25.1 Å². The minimum absolute atomic E-state index is 0.0282. The second-order valence-corrected chi connectivity index (χ2v) is 3.62. The van der Waals surface area contributed by atoms with Crippen molar-refractivity contribution < 1.29 is 9.18 Å². The molecule has 0 unspecified atom stereocenters. The fraction of sp³-hybridized carbons (Fsp3) is 0.182. The van der Waals surface area contributed by atoms with Crippen molar-refractivity contribution >= 4 is 17.4 Å². The van der Waals surface area contributed by atoms with E-state index in [4.69, 9.17) is 11.6 Å². The highest BCUT2D eigenvalue weighted by atomic mass is 35.5. The number of rotatable bonds is 3. The summed E-state index contributed by atoms with van der Waals surface area (Å²) in [6.07, 6.45) is 0.150. The summed E-state index contributed by atoms with van der Waals surface area (Å²) in [5.74, 6) is -0.835. The Bertz CT molecular complexity index is 385. The molecule has 0 N–H and O–H groups in total. The summed E-state index contributed by atoms with van der Waals surface area (Å²) >= 11 is 5.66. The largest absolute Gasteiger partial charge is 0.294 e.